The second kappa shape index (κ2) is 7.24. The Morgan fingerprint density at radius 2 is 2.11 bits per heavy atom. The maximum Gasteiger partial charge on any atom is 0.255 e. The normalized spacial score (nSPS) is 10.4. The zero-order valence-corrected chi connectivity index (χ0v) is 11.3. The van der Waals surface area contributed by atoms with Crippen molar-refractivity contribution in [1.82, 2.24) is 4.90 Å². The van der Waals surface area contributed by atoms with Crippen molar-refractivity contribution in [2.75, 3.05) is 25.9 Å². The number of carbonyl (C=O) groups is 1. The van der Waals surface area contributed by atoms with Crippen LogP contribution < -0.4 is 5.73 Å². The van der Waals surface area contributed by atoms with E-state index < -0.39 is 0 Å². The number of aliphatic hydroxyl groups excluding tert-OH is 1. The standard InChI is InChI=1S/C13H19ClN2O2/c1-16(8-3-2-4-9-17)13(18)10-6-5-7-11(14)12(10)15/h5-7,17H,2-4,8-9,15H2,1H3. The number of aliphatic hydroxyl groups is 1. The van der Waals surface area contributed by atoms with Gasteiger partial charge in [0.15, 0.2) is 0 Å². The van der Waals surface area contributed by atoms with Crippen molar-refractivity contribution in [2.24, 2.45) is 0 Å². The molecule has 0 heterocycles. The van der Waals surface area contributed by atoms with E-state index in [1.54, 1.807) is 30.1 Å². The minimum Gasteiger partial charge on any atom is -0.397 e. The third-order valence-corrected chi connectivity index (χ3v) is 3.11. The Labute approximate surface area is 112 Å². The largest absolute Gasteiger partial charge is 0.397 e. The van der Waals surface area contributed by atoms with Gasteiger partial charge >= 0.3 is 0 Å². The van der Waals surface area contributed by atoms with Crippen molar-refractivity contribution in [3.8, 4) is 0 Å². The molecule has 5 heteroatoms. The molecule has 0 saturated heterocycles. The van der Waals surface area contributed by atoms with Gasteiger partial charge < -0.3 is 15.7 Å². The van der Waals surface area contributed by atoms with E-state index in [0.717, 1.165) is 19.3 Å². The summed E-state index contributed by atoms with van der Waals surface area (Å²) in [7, 11) is 1.74. The summed E-state index contributed by atoms with van der Waals surface area (Å²) in [5, 5.41) is 9.07. The zero-order chi connectivity index (χ0) is 13.5. The number of benzene rings is 1. The number of para-hydroxylation sites is 1. The maximum absolute atomic E-state index is 12.1. The van der Waals surface area contributed by atoms with Gasteiger partial charge in [0.25, 0.3) is 5.91 Å². The number of carbonyl (C=O) groups excluding carboxylic acids is 1. The van der Waals surface area contributed by atoms with Gasteiger partial charge in [-0.05, 0) is 31.4 Å². The first-order valence-corrected chi connectivity index (χ1v) is 6.36. The van der Waals surface area contributed by atoms with E-state index in [2.05, 4.69) is 0 Å². The van der Waals surface area contributed by atoms with Crippen LogP contribution in [0.5, 0.6) is 0 Å². The van der Waals surface area contributed by atoms with Gasteiger partial charge in [-0.25, -0.2) is 0 Å². The maximum atomic E-state index is 12.1. The topological polar surface area (TPSA) is 66.6 Å². The summed E-state index contributed by atoms with van der Waals surface area (Å²) >= 11 is 5.88. The lowest BCUT2D eigenvalue weighted by atomic mass is 10.1. The Kier molecular flexibility index (Phi) is 5.95. The number of rotatable bonds is 6. The molecular weight excluding hydrogens is 252 g/mol. The van der Waals surface area contributed by atoms with Crippen LogP contribution in [0.15, 0.2) is 18.2 Å². The second-order valence-electron chi connectivity index (χ2n) is 4.21. The molecule has 0 aliphatic carbocycles. The fourth-order valence-corrected chi connectivity index (χ4v) is 1.84. The molecule has 1 rings (SSSR count). The molecule has 3 N–H and O–H groups in total. The van der Waals surface area contributed by atoms with Gasteiger partial charge in [0.2, 0.25) is 0 Å². The summed E-state index contributed by atoms with van der Waals surface area (Å²) in [5.74, 6) is -0.126. The van der Waals surface area contributed by atoms with Crippen molar-refractivity contribution in [3.05, 3.63) is 28.8 Å². The van der Waals surface area contributed by atoms with E-state index in [1.165, 1.54) is 0 Å². The number of amides is 1. The Bertz CT molecular complexity index is 410. The van der Waals surface area contributed by atoms with Gasteiger partial charge in [-0.15, -0.1) is 0 Å². The van der Waals surface area contributed by atoms with Crippen LogP contribution in [0.1, 0.15) is 29.6 Å². The quantitative estimate of drug-likeness (QED) is 0.615. The van der Waals surface area contributed by atoms with Crippen LogP contribution in [0.2, 0.25) is 5.02 Å². The number of hydrogen-bond acceptors (Lipinski definition) is 3. The molecular formula is C13H19ClN2O2. The zero-order valence-electron chi connectivity index (χ0n) is 10.5. The summed E-state index contributed by atoms with van der Waals surface area (Å²) in [6, 6.07) is 5.05. The van der Waals surface area contributed by atoms with E-state index >= 15 is 0 Å². The van der Waals surface area contributed by atoms with Crippen LogP contribution in [-0.2, 0) is 0 Å². The first-order chi connectivity index (χ1) is 8.57. The molecule has 18 heavy (non-hydrogen) atoms. The lowest BCUT2D eigenvalue weighted by molar-refractivity contribution is 0.0793. The number of hydrogen-bond donors (Lipinski definition) is 2. The lowest BCUT2D eigenvalue weighted by Gasteiger charge is -2.18. The summed E-state index contributed by atoms with van der Waals surface area (Å²) in [4.78, 5) is 13.7. The predicted molar refractivity (Wildman–Crippen MR) is 73.8 cm³/mol. The molecule has 100 valence electrons. The Balaban J connectivity index is 2.60. The number of nitrogen functional groups attached to an aromatic ring is 1. The predicted octanol–water partition coefficient (Wildman–Crippen LogP) is 2.16. The van der Waals surface area contributed by atoms with Gasteiger partial charge in [0.1, 0.15) is 0 Å². The van der Waals surface area contributed by atoms with E-state index in [0.29, 0.717) is 22.8 Å². The number of halogens is 1. The average molecular weight is 271 g/mol. The Hall–Kier alpha value is -1.26. The van der Waals surface area contributed by atoms with Crippen LogP contribution >= 0.6 is 11.6 Å². The van der Waals surface area contributed by atoms with Crippen molar-refractivity contribution < 1.29 is 9.90 Å². The molecule has 0 unspecified atom stereocenters. The van der Waals surface area contributed by atoms with Crippen molar-refractivity contribution in [1.29, 1.82) is 0 Å². The summed E-state index contributed by atoms with van der Waals surface area (Å²) in [6.07, 6.45) is 2.53. The molecule has 4 nitrogen and oxygen atoms in total. The highest BCUT2D eigenvalue weighted by atomic mass is 35.5. The summed E-state index contributed by atoms with van der Waals surface area (Å²) in [6.45, 7) is 0.837. The van der Waals surface area contributed by atoms with Crippen molar-refractivity contribution >= 4 is 23.2 Å². The fourth-order valence-electron chi connectivity index (χ4n) is 1.67. The molecule has 0 saturated carbocycles. The molecule has 0 bridgehead atoms. The van der Waals surface area contributed by atoms with E-state index in [-0.39, 0.29) is 12.5 Å². The molecule has 1 aromatic carbocycles. The molecule has 1 amide bonds. The van der Waals surface area contributed by atoms with Gasteiger partial charge in [-0.2, -0.15) is 0 Å². The average Bonchev–Trinajstić information content (AvgIpc) is 2.37. The first kappa shape index (κ1) is 14.8. The lowest BCUT2D eigenvalue weighted by Crippen LogP contribution is -2.28. The molecule has 0 spiro atoms. The van der Waals surface area contributed by atoms with Crippen LogP contribution in [0.3, 0.4) is 0 Å². The molecule has 1 aromatic rings. The number of nitrogens with two attached hydrogens (primary N) is 1. The Morgan fingerprint density at radius 1 is 1.39 bits per heavy atom. The van der Waals surface area contributed by atoms with Gasteiger partial charge in [0, 0.05) is 20.2 Å². The van der Waals surface area contributed by atoms with E-state index in [4.69, 9.17) is 22.4 Å². The van der Waals surface area contributed by atoms with Gasteiger partial charge in [0.05, 0.1) is 16.3 Å². The second-order valence-corrected chi connectivity index (χ2v) is 4.62. The third kappa shape index (κ3) is 3.89. The minimum absolute atomic E-state index is 0.126. The first-order valence-electron chi connectivity index (χ1n) is 5.98. The van der Waals surface area contributed by atoms with E-state index in [1.807, 2.05) is 0 Å². The van der Waals surface area contributed by atoms with Gasteiger partial charge in [-0.1, -0.05) is 17.7 Å². The van der Waals surface area contributed by atoms with E-state index in [9.17, 15) is 4.79 Å². The molecule has 0 fully saturated rings. The van der Waals surface area contributed by atoms with Gasteiger partial charge in [-0.3, -0.25) is 4.79 Å². The van der Waals surface area contributed by atoms with Crippen LogP contribution in [0, 0.1) is 0 Å². The third-order valence-electron chi connectivity index (χ3n) is 2.78. The highest BCUT2D eigenvalue weighted by molar-refractivity contribution is 6.33. The Morgan fingerprint density at radius 3 is 2.78 bits per heavy atom. The number of unbranched alkanes of at least 4 members (excludes halogenated alkanes) is 2. The highest BCUT2D eigenvalue weighted by Gasteiger charge is 2.15. The monoisotopic (exact) mass is 270 g/mol. The fraction of sp³-hybridized carbons (Fsp3) is 0.462. The molecule has 0 aliphatic rings. The molecule has 0 atom stereocenters. The number of nitrogens with zero attached hydrogens (tertiary/aromatic N) is 1. The molecule has 0 aromatic heterocycles. The number of anilines is 1. The highest BCUT2D eigenvalue weighted by Crippen LogP contribution is 2.23. The summed E-state index contributed by atoms with van der Waals surface area (Å²) in [5.41, 5.74) is 6.55. The van der Waals surface area contributed by atoms with Crippen LogP contribution in [-0.4, -0.2) is 36.1 Å². The molecule has 0 aliphatic heterocycles. The van der Waals surface area contributed by atoms with Crippen molar-refractivity contribution in [3.63, 3.8) is 0 Å². The van der Waals surface area contributed by atoms with Crippen LogP contribution in [0.25, 0.3) is 0 Å². The summed E-state index contributed by atoms with van der Waals surface area (Å²) < 4.78 is 0. The van der Waals surface area contributed by atoms with Crippen molar-refractivity contribution in [2.45, 2.75) is 19.3 Å². The molecule has 0 radical (unpaired) electrons. The smallest absolute Gasteiger partial charge is 0.255 e. The minimum atomic E-state index is -0.126. The van der Waals surface area contributed by atoms with Crippen LogP contribution in [0.4, 0.5) is 5.69 Å². The SMILES string of the molecule is CN(CCCCCO)C(=O)c1cccc(Cl)c1N.